The molecule has 0 unspecified atom stereocenters. The van der Waals surface area contributed by atoms with Crippen LogP contribution in [0.3, 0.4) is 0 Å². The van der Waals surface area contributed by atoms with Crippen LogP contribution in [0.4, 0.5) is 0 Å². The third-order valence-corrected chi connectivity index (χ3v) is 4.76. The van der Waals surface area contributed by atoms with Gasteiger partial charge in [0.15, 0.2) is 0 Å². The Balaban J connectivity index is 1.86. The van der Waals surface area contributed by atoms with Gasteiger partial charge in [0.1, 0.15) is 6.61 Å². The largest absolute Gasteiger partial charge is 0.463 e. The highest BCUT2D eigenvalue weighted by atomic mass is 16.6. The zero-order valence-electron chi connectivity index (χ0n) is 12.2. The van der Waals surface area contributed by atoms with Crippen LogP contribution in [0.1, 0.15) is 58.3 Å². The van der Waals surface area contributed by atoms with E-state index in [9.17, 15) is 4.79 Å². The highest BCUT2D eigenvalue weighted by Gasteiger charge is 2.38. The highest BCUT2D eigenvalue weighted by molar-refractivity contribution is 5.73. The topological polar surface area (TPSA) is 35.5 Å². The fraction of sp³-hybridized carbons (Fsp3) is 0.938. The van der Waals surface area contributed by atoms with Gasteiger partial charge in [-0.2, -0.15) is 0 Å². The predicted octanol–water partition coefficient (Wildman–Crippen LogP) is 3.56. The summed E-state index contributed by atoms with van der Waals surface area (Å²) in [7, 11) is 0. The van der Waals surface area contributed by atoms with Crippen LogP contribution in [0.2, 0.25) is 0 Å². The normalized spacial score (nSPS) is 21.4. The maximum absolute atomic E-state index is 12.4. The summed E-state index contributed by atoms with van der Waals surface area (Å²) in [4.78, 5) is 12.4. The average Bonchev–Trinajstić information content (AvgIpc) is 3.08. The summed E-state index contributed by atoms with van der Waals surface area (Å²) in [6, 6.07) is 0. The van der Waals surface area contributed by atoms with Gasteiger partial charge in [-0.25, -0.2) is 0 Å². The van der Waals surface area contributed by atoms with Gasteiger partial charge in [0.2, 0.25) is 0 Å². The lowest BCUT2D eigenvalue weighted by molar-refractivity contribution is -0.154. The van der Waals surface area contributed by atoms with E-state index in [2.05, 4.69) is 0 Å². The SMILES string of the molecule is CCOCCOC(=O)C(C1CCCC1)C1CCCC1. The fourth-order valence-corrected chi connectivity index (χ4v) is 3.84. The molecule has 2 aliphatic carbocycles. The zero-order valence-corrected chi connectivity index (χ0v) is 12.2. The third-order valence-electron chi connectivity index (χ3n) is 4.76. The standard InChI is InChI=1S/C16H28O3/c1-2-18-11-12-19-16(17)15(13-7-3-4-8-13)14-9-5-6-10-14/h13-15H,2-12H2,1H3. The van der Waals surface area contributed by atoms with Crippen molar-refractivity contribution in [2.24, 2.45) is 17.8 Å². The molecule has 0 aromatic carbocycles. The molecule has 0 aromatic rings. The van der Waals surface area contributed by atoms with Crippen LogP contribution < -0.4 is 0 Å². The van der Waals surface area contributed by atoms with Crippen LogP contribution in [0.15, 0.2) is 0 Å². The molecule has 3 heteroatoms. The molecule has 0 N–H and O–H groups in total. The predicted molar refractivity (Wildman–Crippen MR) is 74.9 cm³/mol. The summed E-state index contributed by atoms with van der Waals surface area (Å²) in [6.45, 7) is 3.60. The van der Waals surface area contributed by atoms with Crippen molar-refractivity contribution in [3.05, 3.63) is 0 Å². The molecule has 0 radical (unpaired) electrons. The molecule has 0 saturated heterocycles. The monoisotopic (exact) mass is 268 g/mol. The van der Waals surface area contributed by atoms with Gasteiger partial charge in [0.25, 0.3) is 0 Å². The third kappa shape index (κ3) is 4.20. The number of rotatable bonds is 7. The molecule has 0 aromatic heterocycles. The Kier molecular flexibility index (Phi) is 6.15. The van der Waals surface area contributed by atoms with Crippen LogP contribution in [0, 0.1) is 17.8 Å². The summed E-state index contributed by atoms with van der Waals surface area (Å²) >= 11 is 0. The molecule has 2 fully saturated rings. The minimum Gasteiger partial charge on any atom is -0.463 e. The first kappa shape index (κ1) is 14.8. The van der Waals surface area contributed by atoms with Gasteiger partial charge >= 0.3 is 5.97 Å². The van der Waals surface area contributed by atoms with E-state index >= 15 is 0 Å². The van der Waals surface area contributed by atoms with Crippen LogP contribution in [-0.4, -0.2) is 25.8 Å². The van der Waals surface area contributed by atoms with Crippen LogP contribution >= 0.6 is 0 Å². The van der Waals surface area contributed by atoms with Crippen LogP contribution in [-0.2, 0) is 14.3 Å². The Morgan fingerprint density at radius 2 is 1.53 bits per heavy atom. The summed E-state index contributed by atoms with van der Waals surface area (Å²) in [5.41, 5.74) is 0. The molecule has 3 nitrogen and oxygen atoms in total. The summed E-state index contributed by atoms with van der Waals surface area (Å²) in [5.74, 6) is 1.40. The van der Waals surface area contributed by atoms with Crippen molar-refractivity contribution in [3.63, 3.8) is 0 Å². The number of ether oxygens (including phenoxy) is 2. The second-order valence-corrected chi connectivity index (χ2v) is 5.98. The van der Waals surface area contributed by atoms with Crippen molar-refractivity contribution < 1.29 is 14.3 Å². The lowest BCUT2D eigenvalue weighted by Gasteiger charge is -2.27. The maximum Gasteiger partial charge on any atom is 0.309 e. The van der Waals surface area contributed by atoms with E-state index in [0.717, 1.165) is 0 Å². The maximum atomic E-state index is 12.4. The second kappa shape index (κ2) is 7.88. The Hall–Kier alpha value is -0.570. The summed E-state index contributed by atoms with van der Waals surface area (Å²) in [5, 5.41) is 0. The minimum atomic E-state index is 0.0542. The van der Waals surface area contributed by atoms with Gasteiger partial charge in [-0.3, -0.25) is 4.79 Å². The van der Waals surface area contributed by atoms with Crippen LogP contribution in [0.5, 0.6) is 0 Å². The fourth-order valence-electron chi connectivity index (χ4n) is 3.84. The molecular weight excluding hydrogens is 240 g/mol. The smallest absolute Gasteiger partial charge is 0.309 e. The first-order chi connectivity index (χ1) is 9.33. The van der Waals surface area contributed by atoms with Crippen LogP contribution in [0.25, 0.3) is 0 Å². The lowest BCUT2D eigenvalue weighted by atomic mass is 9.79. The highest BCUT2D eigenvalue weighted by Crippen LogP contribution is 2.42. The molecule has 110 valence electrons. The van der Waals surface area contributed by atoms with E-state index in [0.29, 0.717) is 31.7 Å². The van der Waals surface area contributed by atoms with E-state index in [1.165, 1.54) is 51.4 Å². The first-order valence-electron chi connectivity index (χ1n) is 8.07. The number of hydrogen-bond acceptors (Lipinski definition) is 3. The van der Waals surface area contributed by atoms with Crippen molar-refractivity contribution in [3.8, 4) is 0 Å². The van der Waals surface area contributed by atoms with E-state index in [1.807, 2.05) is 6.92 Å². The Morgan fingerprint density at radius 3 is 2.00 bits per heavy atom. The van der Waals surface area contributed by atoms with Gasteiger partial charge in [-0.05, 0) is 44.4 Å². The Labute approximate surface area is 117 Å². The van der Waals surface area contributed by atoms with Gasteiger partial charge in [0.05, 0.1) is 12.5 Å². The van der Waals surface area contributed by atoms with E-state index < -0.39 is 0 Å². The van der Waals surface area contributed by atoms with Gasteiger partial charge in [-0.15, -0.1) is 0 Å². The zero-order chi connectivity index (χ0) is 13.5. The molecule has 19 heavy (non-hydrogen) atoms. The molecule has 2 saturated carbocycles. The van der Waals surface area contributed by atoms with Crippen molar-refractivity contribution >= 4 is 5.97 Å². The molecule has 0 heterocycles. The Morgan fingerprint density at radius 1 is 1.00 bits per heavy atom. The molecular formula is C16H28O3. The quantitative estimate of drug-likeness (QED) is 0.523. The molecule has 0 amide bonds. The van der Waals surface area contributed by atoms with Crippen molar-refractivity contribution in [1.82, 2.24) is 0 Å². The van der Waals surface area contributed by atoms with Crippen molar-refractivity contribution in [2.75, 3.05) is 19.8 Å². The average molecular weight is 268 g/mol. The Bertz CT molecular complexity index is 249. The number of carbonyl (C=O) groups is 1. The van der Waals surface area contributed by atoms with Gasteiger partial charge < -0.3 is 9.47 Å². The summed E-state index contributed by atoms with van der Waals surface area (Å²) in [6.07, 6.45) is 10.1. The van der Waals surface area contributed by atoms with Crippen molar-refractivity contribution in [1.29, 1.82) is 0 Å². The number of carbonyl (C=O) groups excluding carboxylic acids is 1. The lowest BCUT2D eigenvalue weighted by Crippen LogP contribution is -2.31. The van der Waals surface area contributed by atoms with Gasteiger partial charge in [0, 0.05) is 6.61 Å². The van der Waals surface area contributed by atoms with Gasteiger partial charge in [-0.1, -0.05) is 25.7 Å². The molecule has 0 bridgehead atoms. The molecule has 0 atom stereocenters. The summed E-state index contributed by atoms with van der Waals surface area (Å²) < 4.78 is 10.7. The van der Waals surface area contributed by atoms with E-state index in [-0.39, 0.29) is 11.9 Å². The van der Waals surface area contributed by atoms with Crippen molar-refractivity contribution in [2.45, 2.75) is 58.3 Å². The minimum absolute atomic E-state index is 0.0542. The van der Waals surface area contributed by atoms with E-state index in [4.69, 9.17) is 9.47 Å². The molecule has 0 aliphatic heterocycles. The second-order valence-electron chi connectivity index (χ2n) is 5.98. The number of esters is 1. The number of hydrogen-bond donors (Lipinski definition) is 0. The molecule has 2 aliphatic rings. The first-order valence-corrected chi connectivity index (χ1v) is 8.07. The molecule has 0 spiro atoms. The van der Waals surface area contributed by atoms with E-state index in [1.54, 1.807) is 0 Å². The molecule has 2 rings (SSSR count).